The maximum absolute atomic E-state index is 12.3. The Bertz CT molecular complexity index is 914. The van der Waals surface area contributed by atoms with Gasteiger partial charge in [-0.2, -0.15) is 0 Å². The van der Waals surface area contributed by atoms with Gasteiger partial charge in [-0.25, -0.2) is 14.6 Å². The van der Waals surface area contributed by atoms with Crippen molar-refractivity contribution in [1.29, 1.82) is 0 Å². The minimum absolute atomic E-state index is 0.145. The number of aromatic nitrogens is 2. The van der Waals surface area contributed by atoms with Crippen molar-refractivity contribution in [2.75, 3.05) is 0 Å². The quantitative estimate of drug-likeness (QED) is 0.536. The molecule has 1 aromatic heterocycles. The van der Waals surface area contributed by atoms with Gasteiger partial charge in [0.05, 0.1) is 22.6 Å². The Kier molecular flexibility index (Phi) is 5.40. The molecule has 3 rings (SSSR count). The first-order chi connectivity index (χ1) is 12.9. The number of carboxylic acid groups (broad SMARTS) is 1. The number of nitrogens with zero attached hydrogens (tertiary/aromatic N) is 1. The number of H-pyrrole nitrogens is 1. The second-order valence-electron chi connectivity index (χ2n) is 6.69. The summed E-state index contributed by atoms with van der Waals surface area (Å²) in [5.41, 5.74) is 2.82. The molecule has 1 atom stereocenters. The number of amides is 2. The van der Waals surface area contributed by atoms with E-state index < -0.39 is 5.97 Å². The third kappa shape index (κ3) is 4.44. The highest BCUT2D eigenvalue weighted by atomic mass is 16.4. The van der Waals surface area contributed by atoms with E-state index in [2.05, 4.69) is 20.6 Å². The summed E-state index contributed by atoms with van der Waals surface area (Å²) in [5, 5.41) is 14.7. The Morgan fingerprint density at radius 3 is 2.44 bits per heavy atom. The molecule has 1 unspecified atom stereocenters. The van der Waals surface area contributed by atoms with E-state index in [9.17, 15) is 9.59 Å². The van der Waals surface area contributed by atoms with Gasteiger partial charge >= 0.3 is 12.0 Å². The molecule has 2 aromatic carbocycles. The lowest BCUT2D eigenvalue weighted by Gasteiger charge is -2.20. The molecule has 0 bridgehead atoms. The fourth-order valence-corrected chi connectivity index (χ4v) is 2.81. The fourth-order valence-electron chi connectivity index (χ4n) is 2.81. The van der Waals surface area contributed by atoms with E-state index in [4.69, 9.17) is 5.11 Å². The van der Waals surface area contributed by atoms with Crippen LogP contribution in [0, 0.1) is 5.92 Å². The standard InChI is InChI=1S/C20H22N4O3/c1-12(2)17(18-22-15-5-3-4-6-16(15)23-18)24-20(27)21-11-13-7-9-14(10-8-13)19(25)26/h3-10,12,17H,11H2,1-2H3,(H,22,23)(H,25,26)(H2,21,24,27). The Hall–Kier alpha value is -3.35. The summed E-state index contributed by atoms with van der Waals surface area (Å²) in [5.74, 6) is -0.115. The van der Waals surface area contributed by atoms with Crippen molar-refractivity contribution in [2.45, 2.75) is 26.4 Å². The number of carbonyl (C=O) groups is 2. The van der Waals surface area contributed by atoms with Gasteiger partial charge in [-0.05, 0) is 35.7 Å². The average Bonchev–Trinajstić information content (AvgIpc) is 3.08. The minimum atomic E-state index is -0.974. The zero-order valence-electron chi connectivity index (χ0n) is 15.2. The van der Waals surface area contributed by atoms with Gasteiger partial charge < -0.3 is 20.7 Å². The van der Waals surface area contributed by atoms with E-state index in [1.54, 1.807) is 12.1 Å². The zero-order chi connectivity index (χ0) is 19.4. The molecule has 0 aliphatic carbocycles. The van der Waals surface area contributed by atoms with Crippen LogP contribution in [0.25, 0.3) is 11.0 Å². The fraction of sp³-hybridized carbons (Fsp3) is 0.250. The number of fused-ring (bicyclic) bond motifs is 1. The van der Waals surface area contributed by atoms with Crippen molar-refractivity contribution in [2.24, 2.45) is 5.92 Å². The van der Waals surface area contributed by atoms with Crippen molar-refractivity contribution < 1.29 is 14.7 Å². The molecule has 7 heteroatoms. The number of carboxylic acids is 1. The maximum atomic E-state index is 12.3. The summed E-state index contributed by atoms with van der Waals surface area (Å²) in [7, 11) is 0. The van der Waals surface area contributed by atoms with Gasteiger partial charge in [0.15, 0.2) is 0 Å². The molecule has 0 saturated carbocycles. The van der Waals surface area contributed by atoms with E-state index in [0.29, 0.717) is 12.4 Å². The van der Waals surface area contributed by atoms with Gasteiger partial charge in [0.2, 0.25) is 0 Å². The number of hydrogen-bond acceptors (Lipinski definition) is 3. The number of aromatic carboxylic acids is 1. The second kappa shape index (κ2) is 7.90. The van der Waals surface area contributed by atoms with Crippen LogP contribution in [-0.2, 0) is 6.54 Å². The van der Waals surface area contributed by atoms with E-state index in [1.165, 1.54) is 12.1 Å². The number of para-hydroxylation sites is 2. The molecule has 4 N–H and O–H groups in total. The zero-order valence-corrected chi connectivity index (χ0v) is 15.2. The molecule has 0 spiro atoms. The molecule has 0 radical (unpaired) electrons. The number of nitrogens with one attached hydrogen (secondary N) is 3. The van der Waals surface area contributed by atoms with Gasteiger partial charge in [-0.1, -0.05) is 38.1 Å². The molecule has 1 heterocycles. The minimum Gasteiger partial charge on any atom is -0.478 e. The number of benzene rings is 2. The average molecular weight is 366 g/mol. The van der Waals surface area contributed by atoms with E-state index in [1.807, 2.05) is 38.1 Å². The monoisotopic (exact) mass is 366 g/mol. The lowest BCUT2D eigenvalue weighted by molar-refractivity contribution is 0.0697. The van der Waals surface area contributed by atoms with E-state index in [-0.39, 0.29) is 23.6 Å². The summed E-state index contributed by atoms with van der Waals surface area (Å²) in [6.45, 7) is 4.34. The van der Waals surface area contributed by atoms with Crippen molar-refractivity contribution >= 4 is 23.0 Å². The van der Waals surface area contributed by atoms with Crippen molar-refractivity contribution in [1.82, 2.24) is 20.6 Å². The first kappa shape index (κ1) is 18.4. The third-order valence-electron chi connectivity index (χ3n) is 4.31. The van der Waals surface area contributed by atoms with Gasteiger partial charge in [-0.15, -0.1) is 0 Å². The predicted molar refractivity (Wildman–Crippen MR) is 102 cm³/mol. The first-order valence-corrected chi connectivity index (χ1v) is 8.75. The number of aromatic amines is 1. The van der Waals surface area contributed by atoms with Gasteiger partial charge in [-0.3, -0.25) is 0 Å². The summed E-state index contributed by atoms with van der Waals surface area (Å²) in [6, 6.07) is 13.6. The Balaban J connectivity index is 1.64. The molecule has 27 heavy (non-hydrogen) atoms. The number of carbonyl (C=O) groups excluding carboxylic acids is 1. The second-order valence-corrected chi connectivity index (χ2v) is 6.69. The molecular weight excluding hydrogens is 344 g/mol. The predicted octanol–water partition coefficient (Wildman–Crippen LogP) is 3.46. The SMILES string of the molecule is CC(C)C(NC(=O)NCc1ccc(C(=O)O)cc1)c1nc2ccccc2[nH]1. The van der Waals surface area contributed by atoms with Crippen LogP contribution < -0.4 is 10.6 Å². The van der Waals surface area contributed by atoms with Crippen LogP contribution in [0.5, 0.6) is 0 Å². The summed E-state index contributed by atoms with van der Waals surface area (Å²) in [4.78, 5) is 31.1. The third-order valence-corrected chi connectivity index (χ3v) is 4.31. The number of hydrogen-bond donors (Lipinski definition) is 4. The molecule has 2 amide bonds. The van der Waals surface area contributed by atoms with Crippen LogP contribution >= 0.6 is 0 Å². The molecule has 3 aromatic rings. The van der Waals surface area contributed by atoms with Crippen LogP contribution in [0.4, 0.5) is 4.79 Å². The largest absolute Gasteiger partial charge is 0.478 e. The summed E-state index contributed by atoms with van der Waals surface area (Å²) < 4.78 is 0. The van der Waals surface area contributed by atoms with Gasteiger partial charge in [0.1, 0.15) is 5.82 Å². The molecule has 140 valence electrons. The highest BCUT2D eigenvalue weighted by Gasteiger charge is 2.21. The van der Waals surface area contributed by atoms with Crippen LogP contribution in [0.2, 0.25) is 0 Å². The van der Waals surface area contributed by atoms with Gasteiger partial charge in [0.25, 0.3) is 0 Å². The van der Waals surface area contributed by atoms with Crippen LogP contribution in [0.15, 0.2) is 48.5 Å². The maximum Gasteiger partial charge on any atom is 0.335 e. The lowest BCUT2D eigenvalue weighted by Crippen LogP contribution is -2.39. The van der Waals surface area contributed by atoms with E-state index >= 15 is 0 Å². The number of imidazole rings is 1. The topological polar surface area (TPSA) is 107 Å². The van der Waals surface area contributed by atoms with Crippen LogP contribution in [0.1, 0.15) is 41.6 Å². The number of urea groups is 1. The van der Waals surface area contributed by atoms with E-state index in [0.717, 1.165) is 16.6 Å². The first-order valence-electron chi connectivity index (χ1n) is 8.75. The Labute approximate surface area is 156 Å². The van der Waals surface area contributed by atoms with Gasteiger partial charge in [0, 0.05) is 6.54 Å². The normalized spacial score (nSPS) is 12.1. The van der Waals surface area contributed by atoms with Crippen LogP contribution in [-0.4, -0.2) is 27.1 Å². The van der Waals surface area contributed by atoms with Crippen molar-refractivity contribution in [3.05, 3.63) is 65.5 Å². The highest BCUT2D eigenvalue weighted by molar-refractivity contribution is 5.87. The summed E-state index contributed by atoms with van der Waals surface area (Å²) in [6.07, 6.45) is 0. The molecule has 0 fully saturated rings. The lowest BCUT2D eigenvalue weighted by atomic mass is 10.0. The molecule has 0 aliphatic heterocycles. The smallest absolute Gasteiger partial charge is 0.335 e. The summed E-state index contributed by atoms with van der Waals surface area (Å²) >= 11 is 0. The molecular formula is C20H22N4O3. The molecule has 0 saturated heterocycles. The Morgan fingerprint density at radius 1 is 1.11 bits per heavy atom. The number of rotatable bonds is 6. The molecule has 0 aliphatic rings. The molecule has 7 nitrogen and oxygen atoms in total. The Morgan fingerprint density at radius 2 is 1.81 bits per heavy atom. The van der Waals surface area contributed by atoms with Crippen LogP contribution in [0.3, 0.4) is 0 Å². The van der Waals surface area contributed by atoms with Crippen molar-refractivity contribution in [3.63, 3.8) is 0 Å². The van der Waals surface area contributed by atoms with Crippen molar-refractivity contribution in [3.8, 4) is 0 Å². The highest BCUT2D eigenvalue weighted by Crippen LogP contribution is 2.22.